The van der Waals surface area contributed by atoms with E-state index in [1.807, 2.05) is 24.3 Å². The fourth-order valence-electron chi connectivity index (χ4n) is 2.90. The summed E-state index contributed by atoms with van der Waals surface area (Å²) >= 11 is 0. The van der Waals surface area contributed by atoms with Crippen LogP contribution in [0.2, 0.25) is 0 Å². The number of esters is 1. The maximum atomic E-state index is 11.3. The second kappa shape index (κ2) is 4.15. The van der Waals surface area contributed by atoms with E-state index in [2.05, 4.69) is 5.32 Å². The molecule has 1 N–H and O–H groups in total. The van der Waals surface area contributed by atoms with Gasteiger partial charge in [0.15, 0.2) is 0 Å². The smallest absolute Gasteiger partial charge is 0.337 e. The third-order valence-electron chi connectivity index (χ3n) is 3.98. The van der Waals surface area contributed by atoms with Crippen molar-refractivity contribution in [2.24, 2.45) is 11.8 Å². The first kappa shape index (κ1) is 10.8. The summed E-state index contributed by atoms with van der Waals surface area (Å²) in [5.74, 6) is 1.48. The molecular weight excluding hydrogens is 214 g/mol. The molecule has 1 aromatic carbocycles. The molecule has 3 atom stereocenters. The van der Waals surface area contributed by atoms with Crippen LogP contribution in [-0.4, -0.2) is 19.6 Å². The molecule has 3 heteroatoms. The van der Waals surface area contributed by atoms with Crippen LogP contribution >= 0.6 is 0 Å². The number of hydrogen-bond donors (Lipinski definition) is 1. The molecule has 0 spiro atoms. The van der Waals surface area contributed by atoms with Crippen LogP contribution in [0.1, 0.15) is 34.8 Å². The number of nitrogens with one attached hydrogen (secondary N) is 1. The van der Waals surface area contributed by atoms with E-state index in [9.17, 15) is 4.79 Å². The number of piperidine rings is 1. The van der Waals surface area contributed by atoms with Crippen LogP contribution in [0, 0.1) is 11.8 Å². The molecule has 1 aliphatic carbocycles. The number of methoxy groups -OCH3 is 1. The Bertz CT molecular complexity index is 426. The van der Waals surface area contributed by atoms with Crippen LogP contribution in [0.5, 0.6) is 0 Å². The van der Waals surface area contributed by atoms with E-state index in [4.69, 9.17) is 4.74 Å². The highest BCUT2D eigenvalue weighted by Crippen LogP contribution is 2.51. The minimum absolute atomic E-state index is 0.266. The van der Waals surface area contributed by atoms with E-state index in [0.717, 1.165) is 18.4 Å². The normalized spacial score (nSPS) is 30.5. The molecule has 3 rings (SSSR count). The van der Waals surface area contributed by atoms with E-state index in [1.54, 1.807) is 0 Å². The maximum Gasteiger partial charge on any atom is 0.337 e. The Kier molecular flexibility index (Phi) is 2.63. The second-order valence-corrected chi connectivity index (χ2v) is 4.99. The summed E-state index contributed by atoms with van der Waals surface area (Å²) in [5.41, 5.74) is 1.92. The minimum atomic E-state index is -0.266. The first-order valence-corrected chi connectivity index (χ1v) is 6.21. The Morgan fingerprint density at radius 3 is 2.82 bits per heavy atom. The van der Waals surface area contributed by atoms with E-state index >= 15 is 0 Å². The predicted molar refractivity (Wildman–Crippen MR) is 64.7 cm³/mol. The molecule has 0 amide bonds. The van der Waals surface area contributed by atoms with E-state index in [-0.39, 0.29) is 5.97 Å². The molecule has 2 unspecified atom stereocenters. The number of carbonyl (C=O) groups excluding carboxylic acids is 1. The van der Waals surface area contributed by atoms with Crippen molar-refractivity contribution in [3.63, 3.8) is 0 Å². The van der Waals surface area contributed by atoms with Crippen LogP contribution in [0.4, 0.5) is 0 Å². The highest BCUT2D eigenvalue weighted by atomic mass is 16.5. The Morgan fingerprint density at radius 1 is 1.35 bits per heavy atom. The average Bonchev–Trinajstić information content (AvgIpc) is 3.17. The first-order valence-electron chi connectivity index (χ1n) is 6.21. The third-order valence-corrected chi connectivity index (χ3v) is 3.98. The zero-order chi connectivity index (χ0) is 11.8. The Hall–Kier alpha value is -1.35. The lowest BCUT2D eigenvalue weighted by molar-refractivity contribution is 0.0600. The van der Waals surface area contributed by atoms with Crippen molar-refractivity contribution in [3.05, 3.63) is 35.4 Å². The molecule has 2 aliphatic rings. The lowest BCUT2D eigenvalue weighted by Crippen LogP contribution is -2.29. The summed E-state index contributed by atoms with van der Waals surface area (Å²) in [4.78, 5) is 11.3. The third kappa shape index (κ3) is 1.95. The van der Waals surface area contributed by atoms with Gasteiger partial charge in [0.1, 0.15) is 0 Å². The lowest BCUT2D eigenvalue weighted by atomic mass is 9.96. The molecule has 2 fully saturated rings. The van der Waals surface area contributed by atoms with Crippen molar-refractivity contribution in [1.29, 1.82) is 0 Å². The van der Waals surface area contributed by atoms with E-state index in [1.165, 1.54) is 25.5 Å². The van der Waals surface area contributed by atoms with Gasteiger partial charge in [0.25, 0.3) is 0 Å². The van der Waals surface area contributed by atoms with Gasteiger partial charge in [-0.15, -0.1) is 0 Å². The number of hydrogen-bond acceptors (Lipinski definition) is 3. The van der Waals surface area contributed by atoms with Gasteiger partial charge >= 0.3 is 5.97 Å². The van der Waals surface area contributed by atoms with E-state index in [0.29, 0.717) is 11.6 Å². The summed E-state index contributed by atoms with van der Waals surface area (Å²) in [5, 5.41) is 3.57. The molecule has 90 valence electrons. The molecule has 1 aliphatic heterocycles. The number of fused-ring (bicyclic) bond motifs is 1. The van der Waals surface area contributed by atoms with Gasteiger partial charge in [-0.1, -0.05) is 12.1 Å². The van der Waals surface area contributed by atoms with Crippen LogP contribution in [-0.2, 0) is 4.74 Å². The zero-order valence-corrected chi connectivity index (χ0v) is 9.98. The number of carbonyl (C=O) groups is 1. The maximum absolute atomic E-state index is 11.3. The average molecular weight is 231 g/mol. The topological polar surface area (TPSA) is 38.3 Å². The summed E-state index contributed by atoms with van der Waals surface area (Å²) < 4.78 is 4.70. The highest BCUT2D eigenvalue weighted by molar-refractivity contribution is 5.89. The molecule has 0 radical (unpaired) electrons. The number of benzene rings is 1. The molecule has 1 aromatic rings. The largest absolute Gasteiger partial charge is 0.465 e. The highest BCUT2D eigenvalue weighted by Gasteiger charge is 2.45. The van der Waals surface area contributed by atoms with E-state index < -0.39 is 0 Å². The second-order valence-electron chi connectivity index (χ2n) is 4.99. The monoisotopic (exact) mass is 231 g/mol. The van der Waals surface area contributed by atoms with Crippen LogP contribution < -0.4 is 5.32 Å². The molecule has 1 saturated heterocycles. The molecule has 1 heterocycles. The summed E-state index contributed by atoms with van der Waals surface area (Å²) in [6, 6.07) is 8.29. The summed E-state index contributed by atoms with van der Waals surface area (Å²) in [6.07, 6.45) is 2.68. The van der Waals surface area contributed by atoms with Crippen molar-refractivity contribution >= 4 is 5.97 Å². The van der Waals surface area contributed by atoms with Crippen LogP contribution in [0.3, 0.4) is 0 Å². The molecule has 17 heavy (non-hydrogen) atoms. The Balaban J connectivity index is 1.77. The Morgan fingerprint density at radius 2 is 2.12 bits per heavy atom. The van der Waals surface area contributed by atoms with Gasteiger partial charge in [-0.25, -0.2) is 4.79 Å². The van der Waals surface area contributed by atoms with Crippen molar-refractivity contribution < 1.29 is 9.53 Å². The molecular formula is C14H17NO2. The number of rotatable bonds is 2. The van der Waals surface area contributed by atoms with Crippen molar-refractivity contribution in [1.82, 2.24) is 5.32 Å². The molecule has 1 saturated carbocycles. The fraction of sp³-hybridized carbons (Fsp3) is 0.500. The Labute approximate surface area is 101 Å². The standard InChI is InChI=1S/C14H17NO2/c1-17-14(16)10-4-2-9(3-5-10)13-12-8-11(12)6-7-15-13/h2-5,11-13,15H,6-8H2,1H3/t11?,12?,13-/m1/s1. The van der Waals surface area contributed by atoms with Gasteiger partial charge in [-0.3, -0.25) is 0 Å². The molecule has 0 bridgehead atoms. The van der Waals surface area contributed by atoms with Gasteiger partial charge < -0.3 is 10.1 Å². The molecule has 3 nitrogen and oxygen atoms in total. The quantitative estimate of drug-likeness (QED) is 0.792. The van der Waals surface area contributed by atoms with Crippen molar-refractivity contribution in [2.45, 2.75) is 18.9 Å². The van der Waals surface area contributed by atoms with Gasteiger partial charge in [-0.05, 0) is 48.9 Å². The lowest BCUT2D eigenvalue weighted by Gasteiger charge is -2.23. The van der Waals surface area contributed by atoms with Gasteiger partial charge in [0, 0.05) is 6.04 Å². The zero-order valence-electron chi connectivity index (χ0n) is 9.98. The predicted octanol–water partition coefficient (Wildman–Crippen LogP) is 2.14. The van der Waals surface area contributed by atoms with Gasteiger partial charge in [0.05, 0.1) is 12.7 Å². The van der Waals surface area contributed by atoms with Crippen LogP contribution in [0.25, 0.3) is 0 Å². The molecule has 0 aromatic heterocycles. The number of ether oxygens (including phenoxy) is 1. The summed E-state index contributed by atoms with van der Waals surface area (Å²) in [7, 11) is 1.41. The van der Waals surface area contributed by atoms with Gasteiger partial charge in [0.2, 0.25) is 0 Å². The van der Waals surface area contributed by atoms with Crippen molar-refractivity contribution in [3.8, 4) is 0 Å². The van der Waals surface area contributed by atoms with Crippen molar-refractivity contribution in [2.75, 3.05) is 13.7 Å². The first-order chi connectivity index (χ1) is 8.29. The van der Waals surface area contributed by atoms with Gasteiger partial charge in [-0.2, -0.15) is 0 Å². The fourth-order valence-corrected chi connectivity index (χ4v) is 2.90. The minimum Gasteiger partial charge on any atom is -0.465 e. The SMILES string of the molecule is COC(=O)c1ccc([C@H]2NCCC3CC32)cc1. The summed E-state index contributed by atoms with van der Waals surface area (Å²) in [6.45, 7) is 1.12. The van der Waals surface area contributed by atoms with Crippen LogP contribution in [0.15, 0.2) is 24.3 Å².